The zero-order valence-electron chi connectivity index (χ0n) is 6.60. The van der Waals surface area contributed by atoms with Gasteiger partial charge in [0.05, 0.1) is 7.11 Å². The summed E-state index contributed by atoms with van der Waals surface area (Å²) >= 11 is 0.676. The summed E-state index contributed by atoms with van der Waals surface area (Å²) in [6.07, 6.45) is 0. The topological polar surface area (TPSA) is 83.8 Å². The van der Waals surface area contributed by atoms with Crippen LogP contribution < -0.4 is 0 Å². The van der Waals surface area contributed by atoms with Crippen molar-refractivity contribution < 1.29 is 24.5 Å². The molecule has 0 aromatic carbocycles. The van der Waals surface area contributed by atoms with Gasteiger partial charge in [-0.3, -0.25) is 0 Å². The molecular weight excluding hydrogens is 196 g/mol. The second-order valence-corrected chi connectivity index (χ2v) is 3.17. The molecule has 6 heteroatoms. The summed E-state index contributed by atoms with van der Waals surface area (Å²) in [6, 6.07) is 1.01. The van der Waals surface area contributed by atoms with Crippen LogP contribution in [0.15, 0.2) is 6.07 Å². The highest BCUT2D eigenvalue weighted by Crippen LogP contribution is 2.28. The number of carbonyl (C=O) groups excluding carboxylic acids is 1. The van der Waals surface area contributed by atoms with E-state index in [0.29, 0.717) is 11.3 Å². The standard InChI is InChI=1S/C7H6O5S/c1-12-7(11)5-3(8)2-4(13-5)6(9)10/h2,8H,1H3,(H,9,10). The number of carbonyl (C=O) groups is 2. The first-order valence-electron chi connectivity index (χ1n) is 3.20. The van der Waals surface area contributed by atoms with Crippen molar-refractivity contribution in [2.24, 2.45) is 0 Å². The number of hydrogen-bond donors (Lipinski definition) is 2. The predicted octanol–water partition coefficient (Wildman–Crippen LogP) is 0.938. The monoisotopic (exact) mass is 202 g/mol. The molecule has 70 valence electrons. The fourth-order valence-corrected chi connectivity index (χ4v) is 1.53. The first-order chi connectivity index (χ1) is 6.06. The van der Waals surface area contributed by atoms with E-state index in [-0.39, 0.29) is 15.5 Å². The van der Waals surface area contributed by atoms with Crippen LogP contribution in [0, 0.1) is 0 Å². The molecule has 13 heavy (non-hydrogen) atoms. The summed E-state index contributed by atoms with van der Waals surface area (Å²) < 4.78 is 4.33. The van der Waals surface area contributed by atoms with Crippen LogP contribution in [0.25, 0.3) is 0 Å². The Labute approximate surface area is 77.2 Å². The average Bonchev–Trinajstić information content (AvgIpc) is 2.46. The molecule has 2 N–H and O–H groups in total. The SMILES string of the molecule is COC(=O)c1sc(C(=O)O)cc1O. The molecule has 1 aromatic heterocycles. The minimum Gasteiger partial charge on any atom is -0.506 e. The highest BCUT2D eigenvalue weighted by Gasteiger charge is 2.19. The number of methoxy groups -OCH3 is 1. The summed E-state index contributed by atoms with van der Waals surface area (Å²) in [5.41, 5.74) is 0. The van der Waals surface area contributed by atoms with Gasteiger partial charge in [-0.15, -0.1) is 11.3 Å². The van der Waals surface area contributed by atoms with E-state index in [4.69, 9.17) is 10.2 Å². The molecule has 0 radical (unpaired) electrons. The second-order valence-electron chi connectivity index (χ2n) is 2.12. The molecule has 0 amide bonds. The molecule has 0 fully saturated rings. The van der Waals surface area contributed by atoms with Crippen molar-refractivity contribution in [3.8, 4) is 5.75 Å². The number of ether oxygens (including phenoxy) is 1. The lowest BCUT2D eigenvalue weighted by Crippen LogP contribution is -1.97. The lowest BCUT2D eigenvalue weighted by atomic mass is 10.4. The van der Waals surface area contributed by atoms with Crippen LogP contribution >= 0.6 is 11.3 Å². The fourth-order valence-electron chi connectivity index (χ4n) is 0.726. The van der Waals surface area contributed by atoms with Gasteiger partial charge in [0, 0.05) is 6.07 Å². The third kappa shape index (κ3) is 1.78. The quantitative estimate of drug-likeness (QED) is 0.697. The van der Waals surface area contributed by atoms with Crippen molar-refractivity contribution in [1.82, 2.24) is 0 Å². The molecule has 1 heterocycles. The predicted molar refractivity (Wildman–Crippen MR) is 44.3 cm³/mol. The Morgan fingerprint density at radius 3 is 2.54 bits per heavy atom. The van der Waals surface area contributed by atoms with Gasteiger partial charge in [-0.05, 0) is 0 Å². The lowest BCUT2D eigenvalue weighted by Gasteiger charge is -1.93. The van der Waals surface area contributed by atoms with E-state index in [2.05, 4.69) is 4.74 Å². The van der Waals surface area contributed by atoms with Crippen LogP contribution in [0.2, 0.25) is 0 Å². The maximum absolute atomic E-state index is 10.9. The molecule has 0 atom stereocenters. The second kappa shape index (κ2) is 3.44. The summed E-state index contributed by atoms with van der Waals surface area (Å²) in [5.74, 6) is -2.29. The average molecular weight is 202 g/mol. The van der Waals surface area contributed by atoms with Gasteiger partial charge in [0.25, 0.3) is 0 Å². The number of aromatic hydroxyl groups is 1. The third-order valence-corrected chi connectivity index (χ3v) is 2.39. The molecule has 0 saturated carbocycles. The number of rotatable bonds is 2. The van der Waals surface area contributed by atoms with Crippen LogP contribution in [-0.2, 0) is 4.74 Å². The zero-order valence-corrected chi connectivity index (χ0v) is 7.42. The fraction of sp³-hybridized carbons (Fsp3) is 0.143. The largest absolute Gasteiger partial charge is 0.506 e. The Kier molecular flexibility index (Phi) is 2.52. The van der Waals surface area contributed by atoms with Gasteiger partial charge in [-0.1, -0.05) is 0 Å². The molecule has 0 bridgehead atoms. The number of thiophene rings is 1. The molecule has 0 saturated heterocycles. The maximum atomic E-state index is 10.9. The molecular formula is C7H6O5S. The van der Waals surface area contributed by atoms with Crippen molar-refractivity contribution in [3.05, 3.63) is 15.8 Å². The maximum Gasteiger partial charge on any atom is 0.351 e. The summed E-state index contributed by atoms with van der Waals surface area (Å²) in [5, 5.41) is 17.7. The summed E-state index contributed by atoms with van der Waals surface area (Å²) in [7, 11) is 1.15. The first-order valence-corrected chi connectivity index (χ1v) is 4.02. The van der Waals surface area contributed by atoms with Crippen molar-refractivity contribution in [2.75, 3.05) is 7.11 Å². The molecule has 0 unspecified atom stereocenters. The van der Waals surface area contributed by atoms with E-state index in [1.54, 1.807) is 0 Å². The number of carboxylic acids is 1. The highest BCUT2D eigenvalue weighted by molar-refractivity contribution is 7.16. The van der Waals surface area contributed by atoms with Crippen LogP contribution in [-0.4, -0.2) is 29.3 Å². The molecule has 1 aromatic rings. The Morgan fingerprint density at radius 1 is 1.54 bits per heavy atom. The number of aromatic carboxylic acids is 1. The lowest BCUT2D eigenvalue weighted by molar-refractivity contribution is 0.0602. The molecule has 5 nitrogen and oxygen atoms in total. The van der Waals surface area contributed by atoms with Crippen molar-refractivity contribution in [1.29, 1.82) is 0 Å². The Hall–Kier alpha value is -1.56. The van der Waals surface area contributed by atoms with E-state index < -0.39 is 11.9 Å². The molecule has 0 aliphatic heterocycles. The normalized spacial score (nSPS) is 9.62. The van der Waals surface area contributed by atoms with Crippen LogP contribution in [0.3, 0.4) is 0 Å². The summed E-state index contributed by atoms with van der Waals surface area (Å²) in [6.45, 7) is 0. The molecule has 0 aliphatic carbocycles. The van der Waals surface area contributed by atoms with Crippen LogP contribution in [0.5, 0.6) is 5.75 Å². The van der Waals surface area contributed by atoms with Gasteiger partial charge in [0.2, 0.25) is 0 Å². The Balaban J connectivity index is 3.10. The third-order valence-electron chi connectivity index (χ3n) is 1.29. The van der Waals surface area contributed by atoms with Gasteiger partial charge < -0.3 is 14.9 Å². The Bertz CT molecular complexity index is 354. The van der Waals surface area contributed by atoms with Crippen molar-refractivity contribution >= 4 is 23.3 Å². The number of esters is 1. The van der Waals surface area contributed by atoms with Gasteiger partial charge in [0.1, 0.15) is 10.6 Å². The zero-order chi connectivity index (χ0) is 10.0. The molecule has 1 rings (SSSR count). The minimum absolute atomic E-state index is 0.0973. The van der Waals surface area contributed by atoms with E-state index in [1.807, 2.05) is 0 Å². The molecule has 0 spiro atoms. The number of carboxylic acid groups (broad SMARTS) is 1. The van der Waals surface area contributed by atoms with Gasteiger partial charge >= 0.3 is 11.9 Å². The van der Waals surface area contributed by atoms with E-state index in [0.717, 1.165) is 13.2 Å². The van der Waals surface area contributed by atoms with Crippen molar-refractivity contribution in [3.63, 3.8) is 0 Å². The van der Waals surface area contributed by atoms with E-state index in [1.165, 1.54) is 0 Å². The van der Waals surface area contributed by atoms with Crippen molar-refractivity contribution in [2.45, 2.75) is 0 Å². The smallest absolute Gasteiger partial charge is 0.351 e. The minimum atomic E-state index is -1.18. The molecule has 0 aliphatic rings. The Morgan fingerprint density at radius 2 is 2.15 bits per heavy atom. The van der Waals surface area contributed by atoms with Gasteiger partial charge in [-0.25, -0.2) is 9.59 Å². The van der Waals surface area contributed by atoms with Gasteiger partial charge in [-0.2, -0.15) is 0 Å². The van der Waals surface area contributed by atoms with E-state index >= 15 is 0 Å². The van der Waals surface area contributed by atoms with Crippen LogP contribution in [0.1, 0.15) is 19.3 Å². The van der Waals surface area contributed by atoms with Gasteiger partial charge in [0.15, 0.2) is 4.88 Å². The summed E-state index contributed by atoms with van der Waals surface area (Å²) in [4.78, 5) is 21.1. The van der Waals surface area contributed by atoms with E-state index in [9.17, 15) is 9.59 Å². The first kappa shape index (κ1) is 9.53. The van der Waals surface area contributed by atoms with Crippen LogP contribution in [0.4, 0.5) is 0 Å². The highest BCUT2D eigenvalue weighted by atomic mass is 32.1. The number of hydrogen-bond acceptors (Lipinski definition) is 5.